The molecule has 1 aliphatic rings. The molecular weight excluding hydrogens is 300 g/mol. The molecule has 6 heteroatoms. The fourth-order valence-corrected chi connectivity index (χ4v) is 4.18. The molecule has 0 aromatic heterocycles. The largest absolute Gasteiger partial charge is 0.340 e. The van der Waals surface area contributed by atoms with Crippen molar-refractivity contribution in [2.75, 3.05) is 26.2 Å². The van der Waals surface area contributed by atoms with Gasteiger partial charge in [-0.05, 0) is 22.9 Å². The first-order chi connectivity index (χ1) is 10.5. The van der Waals surface area contributed by atoms with Crippen molar-refractivity contribution in [3.63, 3.8) is 0 Å². The third-order valence-electron chi connectivity index (χ3n) is 4.04. The zero-order chi connectivity index (χ0) is 15.7. The van der Waals surface area contributed by atoms with Gasteiger partial charge < -0.3 is 4.90 Å². The van der Waals surface area contributed by atoms with Crippen LogP contribution in [0.4, 0.5) is 0 Å². The second kappa shape index (κ2) is 5.70. The third-order valence-corrected chi connectivity index (χ3v) is 5.94. The van der Waals surface area contributed by atoms with Crippen molar-refractivity contribution in [1.29, 1.82) is 0 Å². The summed E-state index contributed by atoms with van der Waals surface area (Å²) < 4.78 is 26.9. The monoisotopic (exact) mass is 318 g/mol. The smallest absolute Gasteiger partial charge is 0.243 e. The lowest BCUT2D eigenvalue weighted by Gasteiger charge is -2.33. The number of benzene rings is 2. The molecule has 0 saturated carbocycles. The SMILES string of the molecule is CC(=O)N1CCN(S(=O)(=O)c2ccc3ccccc3c2)CC1. The Morgan fingerprint density at radius 3 is 2.23 bits per heavy atom. The standard InChI is InChI=1S/C16H18N2O3S/c1-13(19)17-8-10-18(11-9-17)22(20,21)16-7-6-14-4-2-3-5-15(14)12-16/h2-7,12H,8-11H2,1H3. The summed E-state index contributed by atoms with van der Waals surface area (Å²) in [7, 11) is -3.51. The summed E-state index contributed by atoms with van der Waals surface area (Å²) in [5, 5.41) is 1.92. The average Bonchev–Trinajstić information content (AvgIpc) is 2.54. The summed E-state index contributed by atoms with van der Waals surface area (Å²) in [5.74, 6) is -0.0113. The highest BCUT2D eigenvalue weighted by Gasteiger charge is 2.29. The molecule has 2 aromatic carbocycles. The number of nitrogens with zero attached hydrogens (tertiary/aromatic N) is 2. The van der Waals surface area contributed by atoms with Crippen LogP contribution in [0.25, 0.3) is 10.8 Å². The van der Waals surface area contributed by atoms with Crippen LogP contribution in [-0.2, 0) is 14.8 Å². The summed E-state index contributed by atoms with van der Waals surface area (Å²) in [5.41, 5.74) is 0. The maximum Gasteiger partial charge on any atom is 0.243 e. The van der Waals surface area contributed by atoms with Crippen LogP contribution < -0.4 is 0 Å². The van der Waals surface area contributed by atoms with Crippen LogP contribution in [0.3, 0.4) is 0 Å². The number of carbonyl (C=O) groups excluding carboxylic acids is 1. The van der Waals surface area contributed by atoms with Crippen LogP contribution in [0.1, 0.15) is 6.92 Å². The van der Waals surface area contributed by atoms with Crippen LogP contribution >= 0.6 is 0 Å². The molecule has 2 aromatic rings. The van der Waals surface area contributed by atoms with Crippen molar-refractivity contribution in [3.8, 4) is 0 Å². The molecule has 5 nitrogen and oxygen atoms in total. The summed E-state index contributed by atoms with van der Waals surface area (Å²) in [6, 6.07) is 12.9. The van der Waals surface area contributed by atoms with Crippen molar-refractivity contribution in [2.24, 2.45) is 0 Å². The van der Waals surface area contributed by atoms with Crippen LogP contribution in [0, 0.1) is 0 Å². The number of sulfonamides is 1. The zero-order valence-electron chi connectivity index (χ0n) is 12.4. The Labute approximate surface area is 130 Å². The van der Waals surface area contributed by atoms with E-state index in [1.54, 1.807) is 17.0 Å². The van der Waals surface area contributed by atoms with E-state index in [2.05, 4.69) is 0 Å². The van der Waals surface area contributed by atoms with Gasteiger partial charge >= 0.3 is 0 Å². The lowest BCUT2D eigenvalue weighted by molar-refractivity contribution is -0.129. The van der Waals surface area contributed by atoms with Crippen molar-refractivity contribution < 1.29 is 13.2 Å². The van der Waals surface area contributed by atoms with Gasteiger partial charge in [0.05, 0.1) is 4.90 Å². The van der Waals surface area contributed by atoms with Gasteiger partial charge in [-0.1, -0.05) is 30.3 Å². The topological polar surface area (TPSA) is 57.7 Å². The van der Waals surface area contributed by atoms with Gasteiger partial charge in [-0.3, -0.25) is 4.79 Å². The Morgan fingerprint density at radius 1 is 0.955 bits per heavy atom. The highest BCUT2D eigenvalue weighted by molar-refractivity contribution is 7.89. The van der Waals surface area contributed by atoms with E-state index in [1.807, 2.05) is 30.3 Å². The number of hydrogen-bond donors (Lipinski definition) is 0. The predicted molar refractivity (Wildman–Crippen MR) is 85.0 cm³/mol. The summed E-state index contributed by atoms with van der Waals surface area (Å²) in [6.45, 7) is 3.08. The van der Waals surface area contributed by atoms with Crippen LogP contribution in [0.2, 0.25) is 0 Å². The van der Waals surface area contributed by atoms with Gasteiger partial charge in [-0.2, -0.15) is 4.31 Å². The molecule has 116 valence electrons. The number of amides is 1. The fourth-order valence-electron chi connectivity index (χ4n) is 2.72. The lowest BCUT2D eigenvalue weighted by atomic mass is 10.1. The van der Waals surface area contributed by atoms with Gasteiger partial charge in [0.2, 0.25) is 15.9 Å². The van der Waals surface area contributed by atoms with Gasteiger partial charge in [-0.15, -0.1) is 0 Å². The van der Waals surface area contributed by atoms with Gasteiger partial charge in [0.1, 0.15) is 0 Å². The molecule has 1 fully saturated rings. The normalized spacial score (nSPS) is 16.9. The highest BCUT2D eigenvalue weighted by Crippen LogP contribution is 2.22. The van der Waals surface area contributed by atoms with Crippen molar-refractivity contribution in [2.45, 2.75) is 11.8 Å². The molecule has 3 rings (SSSR count). The molecule has 1 aliphatic heterocycles. The Balaban J connectivity index is 1.87. The molecule has 0 radical (unpaired) electrons. The number of rotatable bonds is 2. The van der Waals surface area contributed by atoms with E-state index in [9.17, 15) is 13.2 Å². The molecule has 0 spiro atoms. The molecule has 22 heavy (non-hydrogen) atoms. The number of fused-ring (bicyclic) bond motifs is 1. The minimum atomic E-state index is -3.51. The van der Waals surface area contributed by atoms with E-state index in [0.29, 0.717) is 31.1 Å². The maximum absolute atomic E-state index is 12.7. The Kier molecular flexibility index (Phi) is 3.88. The minimum absolute atomic E-state index is 0.0113. The van der Waals surface area contributed by atoms with Crippen molar-refractivity contribution in [3.05, 3.63) is 42.5 Å². The van der Waals surface area contributed by atoms with E-state index in [-0.39, 0.29) is 5.91 Å². The van der Waals surface area contributed by atoms with Gasteiger partial charge in [0, 0.05) is 33.1 Å². The first-order valence-electron chi connectivity index (χ1n) is 7.23. The van der Waals surface area contributed by atoms with Crippen molar-refractivity contribution >= 4 is 26.7 Å². The number of piperazine rings is 1. The lowest BCUT2D eigenvalue weighted by Crippen LogP contribution is -2.49. The average molecular weight is 318 g/mol. The molecule has 1 amide bonds. The van der Waals surface area contributed by atoms with E-state index in [1.165, 1.54) is 11.2 Å². The number of hydrogen-bond acceptors (Lipinski definition) is 3. The zero-order valence-corrected chi connectivity index (χ0v) is 13.2. The third kappa shape index (κ3) is 2.71. The molecule has 0 unspecified atom stereocenters. The van der Waals surface area contributed by atoms with Crippen molar-refractivity contribution in [1.82, 2.24) is 9.21 Å². The van der Waals surface area contributed by atoms with E-state index < -0.39 is 10.0 Å². The summed E-state index contributed by atoms with van der Waals surface area (Å²) in [6.07, 6.45) is 0. The Hall–Kier alpha value is -1.92. The molecule has 1 saturated heterocycles. The molecule has 0 N–H and O–H groups in total. The van der Waals surface area contributed by atoms with E-state index in [4.69, 9.17) is 0 Å². The summed E-state index contributed by atoms with van der Waals surface area (Å²) in [4.78, 5) is 13.3. The molecule has 0 bridgehead atoms. The van der Waals surface area contributed by atoms with E-state index in [0.717, 1.165) is 10.8 Å². The fraction of sp³-hybridized carbons (Fsp3) is 0.312. The van der Waals surface area contributed by atoms with Gasteiger partial charge in [-0.25, -0.2) is 8.42 Å². The highest BCUT2D eigenvalue weighted by atomic mass is 32.2. The second-order valence-corrected chi connectivity index (χ2v) is 7.36. The van der Waals surface area contributed by atoms with Crippen LogP contribution in [0.5, 0.6) is 0 Å². The van der Waals surface area contributed by atoms with Gasteiger partial charge in [0.25, 0.3) is 0 Å². The molecule has 0 atom stereocenters. The second-order valence-electron chi connectivity index (χ2n) is 5.42. The van der Waals surface area contributed by atoms with Crippen LogP contribution in [-0.4, -0.2) is 49.7 Å². The van der Waals surface area contributed by atoms with Gasteiger partial charge in [0.15, 0.2) is 0 Å². The molecule has 1 heterocycles. The quantitative estimate of drug-likeness (QED) is 0.847. The predicted octanol–water partition coefficient (Wildman–Crippen LogP) is 1.69. The Morgan fingerprint density at radius 2 is 1.59 bits per heavy atom. The number of carbonyl (C=O) groups is 1. The first kappa shape index (κ1) is 15.0. The molecule has 0 aliphatic carbocycles. The van der Waals surface area contributed by atoms with E-state index >= 15 is 0 Å². The summed E-state index contributed by atoms with van der Waals surface area (Å²) >= 11 is 0. The first-order valence-corrected chi connectivity index (χ1v) is 8.67. The molecular formula is C16H18N2O3S. The van der Waals surface area contributed by atoms with Crippen LogP contribution in [0.15, 0.2) is 47.4 Å². The minimum Gasteiger partial charge on any atom is -0.340 e. The Bertz CT molecular complexity index is 809. The maximum atomic E-state index is 12.7.